The molecule has 0 spiro atoms. The molecule has 0 saturated carbocycles. The van der Waals surface area contributed by atoms with Crippen LogP contribution >= 0.6 is 22.9 Å². The Hall–Kier alpha value is -1.52. The maximum atomic E-state index is 5.88. The molecule has 0 radical (unpaired) electrons. The first-order chi connectivity index (χ1) is 9.78. The average Bonchev–Trinajstić information content (AvgIpc) is 2.97. The topological polar surface area (TPSA) is 36.4 Å². The van der Waals surface area contributed by atoms with E-state index in [0.29, 0.717) is 6.54 Å². The van der Waals surface area contributed by atoms with Crippen LogP contribution in [0.2, 0.25) is 5.02 Å². The molecule has 2 rings (SSSR count). The van der Waals surface area contributed by atoms with E-state index in [2.05, 4.69) is 39.4 Å². The van der Waals surface area contributed by atoms with Crippen LogP contribution in [-0.2, 0) is 13.1 Å². The van der Waals surface area contributed by atoms with Gasteiger partial charge in [0.1, 0.15) is 0 Å². The van der Waals surface area contributed by atoms with Gasteiger partial charge >= 0.3 is 0 Å². The van der Waals surface area contributed by atoms with Gasteiger partial charge in [-0.2, -0.15) is 11.3 Å². The maximum Gasteiger partial charge on any atom is 0.191 e. The Morgan fingerprint density at radius 1 is 1.15 bits per heavy atom. The summed E-state index contributed by atoms with van der Waals surface area (Å²) in [6, 6.07) is 9.91. The summed E-state index contributed by atoms with van der Waals surface area (Å²) in [4.78, 5) is 4.56. The standard InChI is InChI=1S/C15H18ClN3S/c1-2-17-15(19-10-13-7-8-20-11-13)18-9-12-3-5-14(16)6-4-12/h3-8,11H,2,9-10H2,1H3,(H2,17,18,19). The number of hydrogen-bond donors (Lipinski definition) is 2. The van der Waals surface area contributed by atoms with E-state index in [1.807, 2.05) is 24.3 Å². The molecule has 3 nitrogen and oxygen atoms in total. The highest BCUT2D eigenvalue weighted by Crippen LogP contribution is 2.09. The number of nitrogens with one attached hydrogen (secondary N) is 2. The third kappa shape index (κ3) is 4.87. The van der Waals surface area contributed by atoms with Gasteiger partial charge in [0.05, 0.1) is 6.54 Å². The predicted octanol–water partition coefficient (Wildman–Crippen LogP) is 3.66. The van der Waals surface area contributed by atoms with E-state index in [1.165, 1.54) is 11.1 Å². The Bertz CT molecular complexity index is 535. The molecule has 0 aliphatic carbocycles. The molecule has 106 valence electrons. The average molecular weight is 308 g/mol. The SMILES string of the molecule is CCNC(=NCc1ccsc1)NCc1ccc(Cl)cc1. The summed E-state index contributed by atoms with van der Waals surface area (Å²) in [5, 5.41) is 11.5. The van der Waals surface area contributed by atoms with Gasteiger partial charge in [-0.1, -0.05) is 23.7 Å². The van der Waals surface area contributed by atoms with Crippen LogP contribution in [0, 0.1) is 0 Å². The van der Waals surface area contributed by atoms with Gasteiger partial charge in [0.25, 0.3) is 0 Å². The molecule has 5 heteroatoms. The molecule has 1 aromatic heterocycles. The van der Waals surface area contributed by atoms with Gasteiger partial charge in [0.15, 0.2) is 5.96 Å². The van der Waals surface area contributed by atoms with Gasteiger partial charge in [-0.25, -0.2) is 4.99 Å². The highest BCUT2D eigenvalue weighted by molar-refractivity contribution is 7.07. The Morgan fingerprint density at radius 3 is 2.60 bits per heavy atom. The zero-order valence-electron chi connectivity index (χ0n) is 11.4. The minimum atomic E-state index is 0.694. The van der Waals surface area contributed by atoms with Crippen LogP contribution in [0.15, 0.2) is 46.1 Å². The molecule has 1 heterocycles. The van der Waals surface area contributed by atoms with Crippen LogP contribution in [0.4, 0.5) is 0 Å². The fraction of sp³-hybridized carbons (Fsp3) is 0.267. The molecule has 0 aliphatic rings. The van der Waals surface area contributed by atoms with E-state index in [9.17, 15) is 0 Å². The lowest BCUT2D eigenvalue weighted by Crippen LogP contribution is -2.36. The quantitative estimate of drug-likeness (QED) is 0.653. The monoisotopic (exact) mass is 307 g/mol. The van der Waals surface area contributed by atoms with Crippen molar-refractivity contribution >= 4 is 28.9 Å². The predicted molar refractivity (Wildman–Crippen MR) is 87.4 cm³/mol. The smallest absolute Gasteiger partial charge is 0.191 e. The second kappa shape index (κ2) is 7.92. The molecule has 2 N–H and O–H groups in total. The van der Waals surface area contributed by atoms with E-state index in [4.69, 9.17) is 11.6 Å². The third-order valence-corrected chi connectivity index (χ3v) is 3.70. The van der Waals surface area contributed by atoms with Gasteiger partial charge in [-0.3, -0.25) is 0 Å². The van der Waals surface area contributed by atoms with Crippen molar-refractivity contribution in [2.45, 2.75) is 20.0 Å². The van der Waals surface area contributed by atoms with E-state index < -0.39 is 0 Å². The Labute approximate surface area is 128 Å². The number of hydrogen-bond acceptors (Lipinski definition) is 2. The lowest BCUT2D eigenvalue weighted by atomic mass is 10.2. The molecule has 0 aliphatic heterocycles. The van der Waals surface area contributed by atoms with Crippen LogP contribution in [0.1, 0.15) is 18.1 Å². The second-order valence-electron chi connectivity index (χ2n) is 4.31. The number of benzene rings is 1. The van der Waals surface area contributed by atoms with Crippen LogP contribution in [0.25, 0.3) is 0 Å². The van der Waals surface area contributed by atoms with Crippen LogP contribution in [0.3, 0.4) is 0 Å². The highest BCUT2D eigenvalue weighted by atomic mass is 35.5. The molecule has 0 saturated heterocycles. The molecule has 0 bridgehead atoms. The lowest BCUT2D eigenvalue weighted by Gasteiger charge is -2.11. The summed E-state index contributed by atoms with van der Waals surface area (Å²) in [6.45, 7) is 4.33. The first-order valence-electron chi connectivity index (χ1n) is 6.55. The largest absolute Gasteiger partial charge is 0.357 e. The Kier molecular flexibility index (Phi) is 5.89. The first-order valence-corrected chi connectivity index (χ1v) is 7.87. The Morgan fingerprint density at radius 2 is 1.95 bits per heavy atom. The molecule has 0 atom stereocenters. The summed E-state index contributed by atoms with van der Waals surface area (Å²) in [5.41, 5.74) is 2.41. The fourth-order valence-corrected chi connectivity index (χ4v) is 2.47. The van der Waals surface area contributed by atoms with Crippen LogP contribution in [-0.4, -0.2) is 12.5 Å². The second-order valence-corrected chi connectivity index (χ2v) is 5.52. The molecule has 1 aromatic carbocycles. The summed E-state index contributed by atoms with van der Waals surface area (Å²) >= 11 is 7.57. The van der Waals surface area contributed by atoms with Gasteiger partial charge < -0.3 is 10.6 Å². The molecule has 2 aromatic rings. The molecule has 0 unspecified atom stereocenters. The van der Waals surface area contributed by atoms with Crippen molar-refractivity contribution < 1.29 is 0 Å². The van der Waals surface area contributed by atoms with E-state index >= 15 is 0 Å². The number of thiophene rings is 1. The van der Waals surface area contributed by atoms with Crippen molar-refractivity contribution in [3.05, 3.63) is 57.2 Å². The van der Waals surface area contributed by atoms with Gasteiger partial charge in [0.2, 0.25) is 0 Å². The zero-order chi connectivity index (χ0) is 14.2. The van der Waals surface area contributed by atoms with Crippen molar-refractivity contribution in [1.82, 2.24) is 10.6 Å². The highest BCUT2D eigenvalue weighted by Gasteiger charge is 1.99. The van der Waals surface area contributed by atoms with Crippen molar-refractivity contribution in [2.24, 2.45) is 4.99 Å². The van der Waals surface area contributed by atoms with Crippen molar-refractivity contribution in [3.8, 4) is 0 Å². The minimum absolute atomic E-state index is 0.694. The number of guanidine groups is 1. The summed E-state index contributed by atoms with van der Waals surface area (Å²) in [7, 11) is 0. The van der Waals surface area contributed by atoms with Gasteiger partial charge in [0, 0.05) is 18.1 Å². The van der Waals surface area contributed by atoms with E-state index in [-0.39, 0.29) is 0 Å². The van der Waals surface area contributed by atoms with Gasteiger partial charge in [-0.15, -0.1) is 0 Å². The summed E-state index contributed by atoms with van der Waals surface area (Å²) < 4.78 is 0. The van der Waals surface area contributed by atoms with Gasteiger partial charge in [-0.05, 0) is 47.0 Å². The minimum Gasteiger partial charge on any atom is -0.357 e. The molecule has 0 fully saturated rings. The van der Waals surface area contributed by atoms with Crippen molar-refractivity contribution in [3.63, 3.8) is 0 Å². The molecule has 0 amide bonds. The molecular formula is C15H18ClN3S. The van der Waals surface area contributed by atoms with Crippen LogP contribution in [0.5, 0.6) is 0 Å². The fourth-order valence-electron chi connectivity index (χ4n) is 1.68. The lowest BCUT2D eigenvalue weighted by molar-refractivity contribution is 0.816. The van der Waals surface area contributed by atoms with Crippen LogP contribution < -0.4 is 10.6 Å². The van der Waals surface area contributed by atoms with Crippen molar-refractivity contribution in [1.29, 1.82) is 0 Å². The third-order valence-electron chi connectivity index (χ3n) is 2.72. The zero-order valence-corrected chi connectivity index (χ0v) is 13.0. The van der Waals surface area contributed by atoms with E-state index in [0.717, 1.165) is 24.1 Å². The number of aliphatic imine (C=N–C) groups is 1. The summed E-state index contributed by atoms with van der Waals surface area (Å²) in [5.74, 6) is 0.827. The van der Waals surface area contributed by atoms with E-state index in [1.54, 1.807) is 11.3 Å². The number of nitrogens with zero attached hydrogens (tertiary/aromatic N) is 1. The molecular weight excluding hydrogens is 290 g/mol. The molecule has 20 heavy (non-hydrogen) atoms. The summed E-state index contributed by atoms with van der Waals surface area (Å²) in [6.07, 6.45) is 0. The van der Waals surface area contributed by atoms with Crippen molar-refractivity contribution in [2.75, 3.05) is 6.54 Å². The number of halogens is 1. The first kappa shape index (κ1) is 14.9. The number of rotatable bonds is 5. The Balaban J connectivity index is 1.91. The maximum absolute atomic E-state index is 5.88. The normalized spacial score (nSPS) is 11.4.